The third kappa shape index (κ3) is 13.3. The van der Waals surface area contributed by atoms with Gasteiger partial charge in [-0.3, -0.25) is 4.57 Å². The van der Waals surface area contributed by atoms with Gasteiger partial charge >= 0.3 is 0 Å². The summed E-state index contributed by atoms with van der Waals surface area (Å²) in [5.74, 6) is 4.94. The van der Waals surface area contributed by atoms with Gasteiger partial charge in [-0.25, -0.2) is 0 Å². The number of fused-ring (bicyclic) bond motifs is 3. The summed E-state index contributed by atoms with van der Waals surface area (Å²) in [6, 6.07) is 47.8. The fraction of sp³-hybridized carbons (Fsp3) is 0.333. The van der Waals surface area contributed by atoms with Crippen molar-refractivity contribution < 1.29 is 57.2 Å². The van der Waals surface area contributed by atoms with Gasteiger partial charge in [-0.15, -0.1) is 0 Å². The molecular formula is C72H77O12P. The van der Waals surface area contributed by atoms with Gasteiger partial charge in [0.2, 0.25) is 0 Å². The van der Waals surface area contributed by atoms with E-state index in [0.717, 1.165) is 116 Å². The number of aliphatic hydroxyl groups is 2. The number of aliphatic hydroxyl groups excluding tert-OH is 2. The summed E-state index contributed by atoms with van der Waals surface area (Å²) in [6.07, 6.45) is 0.0991. The van der Waals surface area contributed by atoms with Crippen LogP contribution in [-0.4, -0.2) is 87.5 Å². The molecule has 0 bridgehead atoms. The molecule has 0 amide bonds. The average molecular weight is 1170 g/mol. The molecule has 12 nitrogen and oxygen atoms in total. The molecular weight excluding hydrogens is 1090 g/mol. The van der Waals surface area contributed by atoms with E-state index in [1.165, 1.54) is 22.3 Å². The van der Waals surface area contributed by atoms with Crippen LogP contribution in [0.25, 0.3) is 11.1 Å². The van der Waals surface area contributed by atoms with Crippen LogP contribution in [0.4, 0.5) is 0 Å². The van der Waals surface area contributed by atoms with Crippen LogP contribution in [-0.2, 0) is 32.0 Å². The van der Waals surface area contributed by atoms with Gasteiger partial charge in [0.15, 0.2) is 0 Å². The molecule has 8 aromatic rings. The Balaban J connectivity index is 0.735. The maximum atomic E-state index is 16.3. The Morgan fingerprint density at radius 1 is 0.459 bits per heavy atom. The van der Waals surface area contributed by atoms with Crippen molar-refractivity contribution >= 4 is 12.7 Å². The van der Waals surface area contributed by atoms with Gasteiger partial charge in [-0.2, -0.15) is 0 Å². The average Bonchev–Trinajstić information content (AvgIpc) is 1.35. The van der Waals surface area contributed by atoms with Gasteiger partial charge in [0, 0.05) is 5.56 Å². The minimum absolute atomic E-state index is 0.0105. The lowest BCUT2D eigenvalue weighted by Gasteiger charge is -2.41. The third-order valence-corrected chi connectivity index (χ3v) is 19.5. The minimum Gasteiger partial charge on any atom is -0.491 e. The summed E-state index contributed by atoms with van der Waals surface area (Å²) in [5.41, 5.74) is 16.4. The van der Waals surface area contributed by atoms with Gasteiger partial charge in [-0.1, -0.05) is 109 Å². The van der Waals surface area contributed by atoms with E-state index in [9.17, 15) is 10.2 Å². The molecule has 0 aromatic heterocycles. The van der Waals surface area contributed by atoms with Gasteiger partial charge in [0.25, 0.3) is 7.37 Å². The lowest BCUT2D eigenvalue weighted by molar-refractivity contribution is 0.0621. The van der Waals surface area contributed by atoms with E-state index in [1.807, 2.05) is 132 Å². The van der Waals surface area contributed by atoms with E-state index in [0.29, 0.717) is 35.8 Å². The zero-order valence-corrected chi connectivity index (χ0v) is 51.1. The van der Waals surface area contributed by atoms with Crippen LogP contribution in [0.1, 0.15) is 84.8 Å². The molecule has 2 N–H and O–H groups in total. The normalized spacial score (nSPS) is 18.0. The van der Waals surface area contributed by atoms with Gasteiger partial charge in [0.1, 0.15) is 109 Å². The molecule has 0 radical (unpaired) electrons. The summed E-state index contributed by atoms with van der Waals surface area (Å²) < 4.78 is 70.7. The SMILES string of the molecule is Cc1cc(Cc2cc(C)c(OCC3CO3)c(C)c2)cc(C)c1OCC(O)COc1ccc(C(C)(c2ccc(OCC(O)COc3c(C)cc(Cc4cc(C)c(OCC5CO5)c(C)c4)cc3C)cc2)P2(=O)Oc3ccccc3-c3ccccc32)cc1. The van der Waals surface area contributed by atoms with Crippen LogP contribution in [0.2, 0.25) is 0 Å². The second-order valence-electron chi connectivity index (χ2n) is 23.4. The Kier molecular flexibility index (Phi) is 17.5. The van der Waals surface area contributed by atoms with Crippen molar-refractivity contribution in [2.24, 2.45) is 0 Å². The van der Waals surface area contributed by atoms with Gasteiger partial charge in [0.05, 0.1) is 18.5 Å². The van der Waals surface area contributed by atoms with Crippen molar-refractivity contribution in [2.45, 2.75) is 105 Å². The number of ether oxygens (including phenoxy) is 8. The molecule has 2 saturated heterocycles. The molecule has 11 rings (SSSR count). The summed E-state index contributed by atoms with van der Waals surface area (Å²) in [6.45, 7) is 21.2. The highest BCUT2D eigenvalue weighted by atomic mass is 31.2. The molecule has 85 heavy (non-hydrogen) atoms. The van der Waals surface area contributed by atoms with Gasteiger partial charge < -0.3 is 52.6 Å². The maximum Gasteiger partial charge on any atom is 0.292 e. The second kappa shape index (κ2) is 25.2. The second-order valence-corrected chi connectivity index (χ2v) is 26.1. The molecule has 5 atom stereocenters. The first-order chi connectivity index (χ1) is 40.9. The van der Waals surface area contributed by atoms with Crippen molar-refractivity contribution in [3.63, 3.8) is 0 Å². The zero-order valence-electron chi connectivity index (χ0n) is 50.2. The molecule has 0 saturated carbocycles. The predicted octanol–water partition coefficient (Wildman–Crippen LogP) is 13.5. The summed E-state index contributed by atoms with van der Waals surface area (Å²) in [7, 11) is -3.86. The summed E-state index contributed by atoms with van der Waals surface area (Å²) >= 11 is 0. The number of hydrogen-bond donors (Lipinski definition) is 2. The fourth-order valence-corrected chi connectivity index (χ4v) is 14.9. The molecule has 13 heteroatoms. The molecule has 8 aromatic carbocycles. The van der Waals surface area contributed by atoms with Crippen LogP contribution in [0, 0.1) is 55.4 Å². The van der Waals surface area contributed by atoms with Crippen molar-refractivity contribution in [1.82, 2.24) is 0 Å². The van der Waals surface area contributed by atoms with Crippen LogP contribution in [0.15, 0.2) is 146 Å². The molecule has 442 valence electrons. The van der Waals surface area contributed by atoms with E-state index in [4.69, 9.17) is 42.4 Å². The van der Waals surface area contributed by atoms with Crippen LogP contribution in [0.5, 0.6) is 40.2 Å². The monoisotopic (exact) mass is 1160 g/mol. The largest absolute Gasteiger partial charge is 0.491 e. The fourth-order valence-electron chi connectivity index (χ4n) is 12.0. The lowest BCUT2D eigenvalue weighted by atomic mass is 9.92. The van der Waals surface area contributed by atoms with Crippen LogP contribution in [0.3, 0.4) is 0 Å². The summed E-state index contributed by atoms with van der Waals surface area (Å²) in [4.78, 5) is 0. The number of rotatable bonds is 25. The van der Waals surface area contributed by atoms with Crippen molar-refractivity contribution in [2.75, 3.05) is 52.9 Å². The van der Waals surface area contributed by atoms with Crippen LogP contribution < -0.4 is 38.2 Å². The Bertz CT molecular complexity index is 3470. The Morgan fingerprint density at radius 2 is 0.788 bits per heavy atom. The molecule has 3 aliphatic rings. The van der Waals surface area contributed by atoms with Crippen molar-refractivity contribution in [3.8, 4) is 51.4 Å². The number of benzene rings is 8. The van der Waals surface area contributed by atoms with E-state index < -0.39 is 24.7 Å². The lowest BCUT2D eigenvalue weighted by Crippen LogP contribution is -2.34. The first-order valence-electron chi connectivity index (χ1n) is 29.4. The predicted molar refractivity (Wildman–Crippen MR) is 333 cm³/mol. The van der Waals surface area contributed by atoms with E-state index in [-0.39, 0.29) is 38.6 Å². The van der Waals surface area contributed by atoms with Gasteiger partial charge in [-0.05, 0) is 195 Å². The Hall–Kier alpha value is -7.57. The van der Waals surface area contributed by atoms with Crippen molar-refractivity contribution in [1.29, 1.82) is 0 Å². The molecule has 2 fully saturated rings. The Labute approximate surface area is 500 Å². The number of para-hydroxylation sites is 1. The molecule has 0 spiro atoms. The summed E-state index contributed by atoms with van der Waals surface area (Å²) in [5, 5.41) is 21.7. The topological polar surface area (TPSA) is 147 Å². The molecule has 0 aliphatic carbocycles. The van der Waals surface area contributed by atoms with E-state index >= 15 is 4.57 Å². The number of epoxide rings is 2. The zero-order chi connectivity index (χ0) is 59.6. The standard InChI is InChI=1S/C72H77O12P/c1-44-26-52(34-54-30-48(5)70(49(6)31-54)82-42-62-40-78-62)27-45(2)68(44)80-38-58(73)36-76-60-22-18-56(19-23-60)72(9,85(75)67-17-13-11-15-65(67)64-14-10-12-16-66(64)84-85)57-20-24-61(25-21-57)77-37-59(74)39-81-69-46(3)28-53(29-47(69)4)35-55-32-50(7)71(51(8)33-55)83-43-63-41-79-63/h10-33,58-59,62-63,73-74H,34-43H2,1-9H3. The third-order valence-electron chi connectivity index (χ3n) is 16.3. The number of hydrogen-bond acceptors (Lipinski definition) is 12. The van der Waals surface area contributed by atoms with E-state index in [1.54, 1.807) is 0 Å². The van der Waals surface area contributed by atoms with Crippen molar-refractivity contribution in [3.05, 3.63) is 223 Å². The highest BCUT2D eigenvalue weighted by Crippen LogP contribution is 2.69. The minimum atomic E-state index is -3.86. The quantitative estimate of drug-likeness (QED) is 0.0415. The van der Waals surface area contributed by atoms with Crippen LogP contribution >= 0.6 is 7.37 Å². The number of aryl methyl sites for hydroxylation is 8. The molecule has 5 unspecified atom stereocenters. The van der Waals surface area contributed by atoms with E-state index in [2.05, 4.69) is 76.2 Å². The Morgan fingerprint density at radius 3 is 1.16 bits per heavy atom. The highest BCUT2D eigenvalue weighted by Gasteiger charge is 2.53. The first-order valence-corrected chi connectivity index (χ1v) is 31.0. The highest BCUT2D eigenvalue weighted by molar-refractivity contribution is 7.69. The smallest absolute Gasteiger partial charge is 0.292 e. The molecule has 3 aliphatic heterocycles. The first kappa shape index (κ1) is 59.2. The maximum absolute atomic E-state index is 16.3. The molecule has 3 heterocycles.